The molecule has 1 N–H and O–H groups in total. The Kier molecular flexibility index (Phi) is 7.26. The first-order chi connectivity index (χ1) is 11.7. The second-order valence-corrected chi connectivity index (χ2v) is 6.60. The van der Waals surface area contributed by atoms with Crippen LogP contribution in [0, 0.1) is 0 Å². The Morgan fingerprint density at radius 3 is 2.81 bits per heavy atom. The number of piperazine rings is 1. The molecule has 0 radical (unpaired) electrons. The van der Waals surface area contributed by atoms with Crippen molar-refractivity contribution in [2.45, 2.75) is 12.6 Å². The molecule has 0 saturated carbocycles. The topological polar surface area (TPSA) is 46.0 Å². The highest BCUT2D eigenvalue weighted by Crippen LogP contribution is 2.28. The lowest BCUT2D eigenvalue weighted by Gasteiger charge is -2.35. The van der Waals surface area contributed by atoms with Gasteiger partial charge in [-0.1, -0.05) is 17.7 Å². The van der Waals surface area contributed by atoms with Gasteiger partial charge in [-0.05, 0) is 23.8 Å². The van der Waals surface area contributed by atoms with Gasteiger partial charge in [-0.3, -0.25) is 9.88 Å². The number of halogens is 3. The Bertz CT molecular complexity index is 867. The summed E-state index contributed by atoms with van der Waals surface area (Å²) in [5.41, 5.74) is 2.19. The molecule has 1 fully saturated rings. The van der Waals surface area contributed by atoms with E-state index in [4.69, 9.17) is 11.6 Å². The number of nitrogens with one attached hydrogen (secondary N) is 1. The van der Waals surface area contributed by atoms with Crippen LogP contribution >= 0.6 is 36.4 Å². The fourth-order valence-electron chi connectivity index (χ4n) is 3.43. The molecule has 8 heteroatoms. The molecule has 0 amide bonds. The van der Waals surface area contributed by atoms with Gasteiger partial charge < -0.3 is 9.88 Å². The van der Waals surface area contributed by atoms with E-state index in [0.717, 1.165) is 47.9 Å². The monoisotopic (exact) mass is 413 g/mol. The number of imidazole rings is 1. The third kappa shape index (κ3) is 3.97. The molecule has 0 aliphatic carbocycles. The number of hydrogen-bond acceptors (Lipinski definition) is 4. The number of fused-ring (bicyclic) bond motifs is 1. The lowest BCUT2D eigenvalue weighted by Crippen LogP contribution is -2.46. The maximum atomic E-state index is 6.33. The molecule has 3 aromatic rings. The highest BCUT2D eigenvalue weighted by molar-refractivity contribution is 6.35. The number of benzene rings is 1. The van der Waals surface area contributed by atoms with Crippen molar-refractivity contribution in [2.24, 2.45) is 7.05 Å². The fourth-order valence-corrected chi connectivity index (χ4v) is 3.65. The molecule has 1 atom stereocenters. The number of aryl methyl sites for hydroxylation is 1. The summed E-state index contributed by atoms with van der Waals surface area (Å²) in [6, 6.07) is 8.28. The quantitative estimate of drug-likeness (QED) is 0.711. The molecule has 26 heavy (non-hydrogen) atoms. The SMILES string of the molecule is Cl.Cl.Cn1ccnc1C1CNCCN1Cc1ccc(Cl)c2cccnc12. The van der Waals surface area contributed by atoms with Gasteiger partial charge >= 0.3 is 0 Å². The number of nitrogens with zero attached hydrogens (tertiary/aromatic N) is 4. The summed E-state index contributed by atoms with van der Waals surface area (Å²) in [5, 5.41) is 5.25. The van der Waals surface area contributed by atoms with Crippen LogP contribution in [0.3, 0.4) is 0 Å². The summed E-state index contributed by atoms with van der Waals surface area (Å²) in [6.45, 7) is 3.71. The molecule has 1 saturated heterocycles. The molecule has 1 aliphatic rings. The van der Waals surface area contributed by atoms with Crippen LogP contribution in [0.5, 0.6) is 0 Å². The molecule has 2 aromatic heterocycles. The van der Waals surface area contributed by atoms with Crippen molar-refractivity contribution >= 4 is 47.3 Å². The van der Waals surface area contributed by atoms with Crippen LogP contribution in [-0.4, -0.2) is 39.1 Å². The van der Waals surface area contributed by atoms with Crippen molar-refractivity contribution in [3.8, 4) is 0 Å². The van der Waals surface area contributed by atoms with Crippen LogP contribution in [0.1, 0.15) is 17.4 Å². The molecule has 140 valence electrons. The van der Waals surface area contributed by atoms with Gasteiger partial charge in [0.25, 0.3) is 0 Å². The van der Waals surface area contributed by atoms with E-state index in [1.165, 1.54) is 5.56 Å². The van der Waals surface area contributed by atoms with E-state index >= 15 is 0 Å². The summed E-state index contributed by atoms with van der Waals surface area (Å²) in [7, 11) is 2.05. The molecule has 1 unspecified atom stereocenters. The highest BCUT2D eigenvalue weighted by Gasteiger charge is 2.27. The third-order valence-electron chi connectivity index (χ3n) is 4.68. The molecule has 5 nitrogen and oxygen atoms in total. The van der Waals surface area contributed by atoms with E-state index in [-0.39, 0.29) is 30.9 Å². The number of rotatable bonds is 3. The van der Waals surface area contributed by atoms with Crippen LogP contribution in [0.25, 0.3) is 10.9 Å². The minimum absolute atomic E-state index is 0. The van der Waals surface area contributed by atoms with Crippen molar-refractivity contribution < 1.29 is 0 Å². The lowest BCUT2D eigenvalue weighted by atomic mass is 10.1. The predicted octanol–water partition coefficient (Wildman–Crippen LogP) is 3.61. The summed E-state index contributed by atoms with van der Waals surface area (Å²) in [4.78, 5) is 11.6. The van der Waals surface area contributed by atoms with Crippen molar-refractivity contribution in [1.29, 1.82) is 0 Å². The van der Waals surface area contributed by atoms with Gasteiger partial charge in [0.2, 0.25) is 0 Å². The van der Waals surface area contributed by atoms with Gasteiger partial charge in [0.1, 0.15) is 5.82 Å². The summed E-state index contributed by atoms with van der Waals surface area (Å²) >= 11 is 6.33. The second kappa shape index (κ2) is 9.02. The summed E-state index contributed by atoms with van der Waals surface area (Å²) in [5.74, 6) is 1.09. The molecular weight excluding hydrogens is 393 g/mol. The average Bonchev–Trinajstić information content (AvgIpc) is 3.04. The van der Waals surface area contributed by atoms with Crippen LogP contribution in [0.15, 0.2) is 42.9 Å². The molecule has 1 aromatic carbocycles. The van der Waals surface area contributed by atoms with Crippen molar-refractivity contribution in [2.75, 3.05) is 19.6 Å². The normalized spacial score (nSPS) is 17.5. The van der Waals surface area contributed by atoms with Gasteiger partial charge in [-0.15, -0.1) is 24.8 Å². The Labute approximate surface area is 170 Å². The molecular formula is C18H22Cl3N5. The van der Waals surface area contributed by atoms with E-state index in [2.05, 4.69) is 30.8 Å². The Hall–Kier alpha value is -1.37. The number of hydrogen-bond donors (Lipinski definition) is 1. The fraction of sp³-hybridized carbons (Fsp3) is 0.333. The minimum atomic E-state index is 0. The zero-order valence-electron chi connectivity index (χ0n) is 14.4. The second-order valence-electron chi connectivity index (χ2n) is 6.19. The zero-order chi connectivity index (χ0) is 16.5. The van der Waals surface area contributed by atoms with Gasteiger partial charge in [-0.25, -0.2) is 4.98 Å². The smallest absolute Gasteiger partial charge is 0.127 e. The summed E-state index contributed by atoms with van der Waals surface area (Å²) in [6.07, 6.45) is 5.69. The number of pyridine rings is 1. The van der Waals surface area contributed by atoms with E-state index < -0.39 is 0 Å². The van der Waals surface area contributed by atoms with Crippen LogP contribution in [-0.2, 0) is 13.6 Å². The molecule has 1 aliphatic heterocycles. The maximum absolute atomic E-state index is 6.33. The third-order valence-corrected chi connectivity index (χ3v) is 5.01. The van der Waals surface area contributed by atoms with E-state index in [1.54, 1.807) is 0 Å². The van der Waals surface area contributed by atoms with Gasteiger partial charge in [0.05, 0.1) is 11.6 Å². The zero-order valence-corrected chi connectivity index (χ0v) is 16.8. The first kappa shape index (κ1) is 20.9. The Morgan fingerprint density at radius 2 is 2.04 bits per heavy atom. The van der Waals surface area contributed by atoms with E-state index in [9.17, 15) is 0 Å². The maximum Gasteiger partial charge on any atom is 0.127 e. The number of aromatic nitrogens is 3. The van der Waals surface area contributed by atoms with Gasteiger partial charge in [0, 0.05) is 62.2 Å². The molecule has 3 heterocycles. The Balaban J connectivity index is 0.00000121. The van der Waals surface area contributed by atoms with Crippen LogP contribution in [0.2, 0.25) is 5.02 Å². The van der Waals surface area contributed by atoms with Crippen molar-refractivity contribution in [3.05, 3.63) is 59.3 Å². The van der Waals surface area contributed by atoms with E-state index in [1.807, 2.05) is 43.8 Å². The van der Waals surface area contributed by atoms with Crippen LogP contribution < -0.4 is 5.32 Å². The Morgan fingerprint density at radius 1 is 1.19 bits per heavy atom. The molecule has 0 spiro atoms. The average molecular weight is 415 g/mol. The predicted molar refractivity (Wildman–Crippen MR) is 110 cm³/mol. The van der Waals surface area contributed by atoms with Crippen LogP contribution in [0.4, 0.5) is 0 Å². The molecule has 0 bridgehead atoms. The molecule has 4 rings (SSSR count). The first-order valence-corrected chi connectivity index (χ1v) is 8.56. The summed E-state index contributed by atoms with van der Waals surface area (Å²) < 4.78 is 2.10. The highest BCUT2D eigenvalue weighted by atomic mass is 35.5. The lowest BCUT2D eigenvalue weighted by molar-refractivity contribution is 0.145. The van der Waals surface area contributed by atoms with E-state index in [0.29, 0.717) is 0 Å². The van der Waals surface area contributed by atoms with Crippen molar-refractivity contribution in [1.82, 2.24) is 24.8 Å². The first-order valence-electron chi connectivity index (χ1n) is 8.18. The standard InChI is InChI=1S/C18H20ClN5.2ClH/c1-23-9-8-22-18(23)16-11-20-7-10-24(16)12-13-4-5-15(19)14-3-2-6-21-17(13)14;;/h2-6,8-9,16,20H,7,10-12H2,1H3;2*1H. The van der Waals surface area contributed by atoms with Gasteiger partial charge in [-0.2, -0.15) is 0 Å². The van der Waals surface area contributed by atoms with Crippen molar-refractivity contribution in [3.63, 3.8) is 0 Å². The minimum Gasteiger partial charge on any atom is -0.337 e. The largest absolute Gasteiger partial charge is 0.337 e. The van der Waals surface area contributed by atoms with Gasteiger partial charge in [0.15, 0.2) is 0 Å².